The minimum absolute atomic E-state index is 0.271. The van der Waals surface area contributed by atoms with E-state index < -0.39 is 11.8 Å². The Balaban J connectivity index is 2.34. The van der Waals surface area contributed by atoms with Crippen molar-refractivity contribution in [1.29, 1.82) is 0 Å². The van der Waals surface area contributed by atoms with Gasteiger partial charge < -0.3 is 5.11 Å². The summed E-state index contributed by atoms with van der Waals surface area (Å²) in [6.07, 6.45) is 3.37. The molecule has 94 valence electrons. The normalized spacial score (nSPS) is 10.8. The van der Waals surface area contributed by atoms with Crippen molar-refractivity contribution in [3.8, 4) is 5.69 Å². The molecule has 5 heteroatoms. The smallest absolute Gasteiger partial charge is 0.338 e. The first-order chi connectivity index (χ1) is 9.18. The van der Waals surface area contributed by atoms with E-state index in [1.165, 1.54) is 6.07 Å². The molecule has 19 heavy (non-hydrogen) atoms. The zero-order chi connectivity index (χ0) is 13.4. The van der Waals surface area contributed by atoms with Crippen molar-refractivity contribution in [2.45, 2.75) is 0 Å². The Morgan fingerprint density at radius 2 is 2.00 bits per heavy atom. The van der Waals surface area contributed by atoms with Gasteiger partial charge in [0.05, 0.1) is 11.3 Å². The number of hydrogen-bond donors (Lipinski definition) is 1. The Hall–Kier alpha value is -2.69. The lowest BCUT2D eigenvalue weighted by Gasteiger charge is -2.08. The van der Waals surface area contributed by atoms with Crippen molar-refractivity contribution < 1.29 is 14.3 Å². The number of hydrogen-bond acceptors (Lipinski definition) is 2. The molecule has 1 aromatic heterocycles. The summed E-state index contributed by atoms with van der Waals surface area (Å²) in [5, 5.41) is 13.9. The fourth-order valence-electron chi connectivity index (χ4n) is 2.08. The van der Waals surface area contributed by atoms with Crippen molar-refractivity contribution in [3.05, 3.63) is 60.2 Å². The van der Waals surface area contributed by atoms with Crippen LogP contribution in [-0.2, 0) is 0 Å². The predicted molar refractivity (Wildman–Crippen MR) is 68.0 cm³/mol. The Bertz CT molecular complexity index is 766. The van der Waals surface area contributed by atoms with E-state index in [0.29, 0.717) is 11.1 Å². The van der Waals surface area contributed by atoms with Gasteiger partial charge in [0, 0.05) is 23.2 Å². The van der Waals surface area contributed by atoms with Gasteiger partial charge in [-0.05, 0) is 18.2 Å². The van der Waals surface area contributed by atoms with Crippen molar-refractivity contribution in [2.75, 3.05) is 0 Å². The third-order valence-electron chi connectivity index (χ3n) is 2.95. The summed E-state index contributed by atoms with van der Waals surface area (Å²) < 4.78 is 15.7. The third kappa shape index (κ3) is 1.76. The Kier molecular flexibility index (Phi) is 2.52. The van der Waals surface area contributed by atoms with E-state index in [-0.39, 0.29) is 10.9 Å². The fraction of sp³-hybridized carbons (Fsp3) is 0. The highest BCUT2D eigenvalue weighted by atomic mass is 19.1. The minimum Gasteiger partial charge on any atom is -0.478 e. The molecule has 1 heterocycles. The molecule has 0 atom stereocenters. The number of carbonyl (C=O) groups is 1. The summed E-state index contributed by atoms with van der Waals surface area (Å²) in [5.41, 5.74) is 0.378. The number of aromatic nitrogens is 2. The Morgan fingerprint density at radius 3 is 2.68 bits per heavy atom. The molecule has 0 aliphatic carbocycles. The van der Waals surface area contributed by atoms with Crippen molar-refractivity contribution in [2.24, 2.45) is 0 Å². The molecular weight excluding hydrogens is 247 g/mol. The second-order valence-corrected chi connectivity index (χ2v) is 4.06. The first-order valence-electron chi connectivity index (χ1n) is 5.63. The summed E-state index contributed by atoms with van der Waals surface area (Å²) in [5.74, 6) is -2.00. The molecule has 0 bridgehead atoms. The predicted octanol–water partition coefficient (Wildman–Crippen LogP) is 2.86. The van der Waals surface area contributed by atoms with Crippen LogP contribution in [0, 0.1) is 5.82 Å². The number of nitrogens with zero attached hydrogens (tertiary/aromatic N) is 2. The maximum absolute atomic E-state index is 14.1. The van der Waals surface area contributed by atoms with Gasteiger partial charge in [0.1, 0.15) is 5.82 Å². The van der Waals surface area contributed by atoms with Gasteiger partial charge in [-0.15, -0.1) is 0 Å². The summed E-state index contributed by atoms with van der Waals surface area (Å²) in [4.78, 5) is 10.9. The molecule has 0 radical (unpaired) electrons. The molecule has 0 fully saturated rings. The number of fused-ring (bicyclic) bond motifs is 1. The number of benzene rings is 2. The van der Waals surface area contributed by atoms with E-state index >= 15 is 0 Å². The quantitative estimate of drug-likeness (QED) is 0.767. The molecule has 3 rings (SSSR count). The second-order valence-electron chi connectivity index (χ2n) is 4.06. The maximum atomic E-state index is 14.1. The maximum Gasteiger partial charge on any atom is 0.338 e. The minimum atomic E-state index is -1.27. The highest BCUT2D eigenvalue weighted by Crippen LogP contribution is 2.26. The van der Waals surface area contributed by atoms with Gasteiger partial charge >= 0.3 is 5.97 Å². The number of aromatic carboxylic acids is 1. The molecule has 1 N–H and O–H groups in total. The molecular formula is C14H9FN2O2. The standard InChI is InChI=1S/C14H9FN2O2/c15-13-10-3-1-4-12(17-8-2-7-16-17)9(10)5-6-11(13)14(18)19/h1-8H,(H,18,19). The van der Waals surface area contributed by atoms with Crippen LogP contribution < -0.4 is 0 Å². The van der Waals surface area contributed by atoms with Gasteiger partial charge in [0.25, 0.3) is 0 Å². The monoisotopic (exact) mass is 256 g/mol. The van der Waals surface area contributed by atoms with Gasteiger partial charge in [-0.3, -0.25) is 0 Å². The van der Waals surface area contributed by atoms with E-state index in [0.717, 1.165) is 0 Å². The molecule has 2 aromatic carbocycles. The summed E-state index contributed by atoms with van der Waals surface area (Å²) in [6.45, 7) is 0. The second kappa shape index (κ2) is 4.20. The van der Waals surface area contributed by atoms with Gasteiger partial charge in [-0.1, -0.05) is 18.2 Å². The van der Waals surface area contributed by atoms with Crippen molar-refractivity contribution >= 4 is 16.7 Å². The summed E-state index contributed by atoms with van der Waals surface area (Å²) >= 11 is 0. The molecule has 0 aliphatic heterocycles. The van der Waals surface area contributed by atoms with E-state index in [4.69, 9.17) is 5.11 Å². The van der Waals surface area contributed by atoms with E-state index in [1.807, 2.05) is 0 Å². The van der Waals surface area contributed by atoms with Crippen LogP contribution >= 0.6 is 0 Å². The van der Waals surface area contributed by atoms with Crippen LogP contribution in [0.4, 0.5) is 4.39 Å². The Morgan fingerprint density at radius 1 is 1.16 bits per heavy atom. The molecule has 0 aliphatic rings. The Labute approximate surface area is 107 Å². The van der Waals surface area contributed by atoms with E-state index in [1.54, 1.807) is 47.4 Å². The van der Waals surface area contributed by atoms with Gasteiger partial charge in [-0.2, -0.15) is 5.10 Å². The fourth-order valence-corrected chi connectivity index (χ4v) is 2.08. The largest absolute Gasteiger partial charge is 0.478 e. The highest BCUT2D eigenvalue weighted by molar-refractivity contribution is 5.97. The van der Waals surface area contributed by atoms with Crippen LogP contribution in [0.15, 0.2) is 48.8 Å². The number of rotatable bonds is 2. The van der Waals surface area contributed by atoms with Gasteiger partial charge in [0.15, 0.2) is 0 Å². The van der Waals surface area contributed by atoms with Crippen LogP contribution in [0.3, 0.4) is 0 Å². The van der Waals surface area contributed by atoms with Crippen LogP contribution in [0.5, 0.6) is 0 Å². The van der Waals surface area contributed by atoms with E-state index in [2.05, 4.69) is 5.10 Å². The summed E-state index contributed by atoms with van der Waals surface area (Å²) in [7, 11) is 0. The van der Waals surface area contributed by atoms with Gasteiger partial charge in [0.2, 0.25) is 0 Å². The molecule has 0 saturated carbocycles. The zero-order valence-corrected chi connectivity index (χ0v) is 9.75. The van der Waals surface area contributed by atoms with Crippen LogP contribution in [-0.4, -0.2) is 20.9 Å². The van der Waals surface area contributed by atoms with Gasteiger partial charge in [-0.25, -0.2) is 13.9 Å². The van der Waals surface area contributed by atoms with Crippen molar-refractivity contribution in [3.63, 3.8) is 0 Å². The average molecular weight is 256 g/mol. The van der Waals surface area contributed by atoms with Crippen LogP contribution in [0.2, 0.25) is 0 Å². The lowest BCUT2D eigenvalue weighted by atomic mass is 10.0. The molecule has 0 unspecified atom stereocenters. The number of carboxylic acids is 1. The van der Waals surface area contributed by atoms with Crippen molar-refractivity contribution in [1.82, 2.24) is 9.78 Å². The van der Waals surface area contributed by atoms with Crippen LogP contribution in [0.25, 0.3) is 16.5 Å². The van der Waals surface area contributed by atoms with E-state index in [9.17, 15) is 9.18 Å². The SMILES string of the molecule is O=C(O)c1ccc2c(-n3cccn3)cccc2c1F. The topological polar surface area (TPSA) is 55.1 Å². The highest BCUT2D eigenvalue weighted by Gasteiger charge is 2.15. The van der Waals surface area contributed by atoms with Crippen LogP contribution in [0.1, 0.15) is 10.4 Å². The molecule has 0 amide bonds. The lowest BCUT2D eigenvalue weighted by Crippen LogP contribution is -2.02. The number of carboxylic acid groups (broad SMARTS) is 1. The summed E-state index contributed by atoms with van der Waals surface area (Å²) in [6, 6.07) is 9.67. The third-order valence-corrected chi connectivity index (χ3v) is 2.95. The number of halogens is 1. The lowest BCUT2D eigenvalue weighted by molar-refractivity contribution is 0.0692. The molecule has 0 saturated heterocycles. The zero-order valence-electron chi connectivity index (χ0n) is 9.75. The average Bonchev–Trinajstić information content (AvgIpc) is 2.92. The molecule has 3 aromatic rings. The molecule has 0 spiro atoms. The first kappa shape index (κ1) is 11.4. The first-order valence-corrected chi connectivity index (χ1v) is 5.63. The molecule has 4 nitrogen and oxygen atoms in total.